The molecule has 0 aromatic carbocycles. The Labute approximate surface area is 141 Å². The molecule has 2 fully saturated rings. The van der Waals surface area contributed by atoms with Crippen molar-refractivity contribution in [3.63, 3.8) is 0 Å². The van der Waals surface area contributed by atoms with Crippen LogP contribution in [0.5, 0.6) is 0 Å². The van der Waals surface area contributed by atoms with Gasteiger partial charge in [-0.25, -0.2) is 15.0 Å². The van der Waals surface area contributed by atoms with Crippen LogP contribution in [0.2, 0.25) is 0 Å². The van der Waals surface area contributed by atoms with Crippen molar-refractivity contribution < 1.29 is 0 Å². The van der Waals surface area contributed by atoms with Gasteiger partial charge in [-0.1, -0.05) is 0 Å². The van der Waals surface area contributed by atoms with Crippen molar-refractivity contribution in [3.05, 3.63) is 46.5 Å². The summed E-state index contributed by atoms with van der Waals surface area (Å²) in [6.07, 6.45) is 7.79. The highest BCUT2D eigenvalue weighted by Crippen LogP contribution is 2.38. The van der Waals surface area contributed by atoms with Crippen molar-refractivity contribution >= 4 is 5.82 Å². The molecule has 0 atom stereocenters. The first kappa shape index (κ1) is 15.3. The maximum absolute atomic E-state index is 11.8. The molecule has 1 aliphatic heterocycles. The van der Waals surface area contributed by atoms with Gasteiger partial charge in [0.1, 0.15) is 11.6 Å². The van der Waals surface area contributed by atoms with Gasteiger partial charge >= 0.3 is 0 Å². The monoisotopic (exact) mass is 325 g/mol. The molecule has 1 saturated heterocycles. The molecule has 2 aliphatic rings. The number of nitrogens with zero attached hydrogens (tertiary/aromatic N) is 5. The largest absolute Gasteiger partial charge is 0.356 e. The Morgan fingerprint density at radius 2 is 1.96 bits per heavy atom. The lowest BCUT2D eigenvalue weighted by Crippen LogP contribution is -2.37. The van der Waals surface area contributed by atoms with E-state index >= 15 is 0 Å². The molecule has 0 bridgehead atoms. The Morgan fingerprint density at radius 1 is 1.17 bits per heavy atom. The summed E-state index contributed by atoms with van der Waals surface area (Å²) in [5, 5.41) is 0. The fourth-order valence-electron chi connectivity index (χ4n) is 3.40. The highest BCUT2D eigenvalue weighted by atomic mass is 16.1. The summed E-state index contributed by atoms with van der Waals surface area (Å²) >= 11 is 0. The van der Waals surface area contributed by atoms with Gasteiger partial charge in [-0.3, -0.25) is 9.36 Å². The number of hydrogen-bond acceptors (Lipinski definition) is 5. The van der Waals surface area contributed by atoms with E-state index in [0.717, 1.165) is 49.8 Å². The molecule has 0 spiro atoms. The van der Waals surface area contributed by atoms with Crippen LogP contribution in [-0.4, -0.2) is 32.6 Å². The van der Waals surface area contributed by atoms with Crippen LogP contribution < -0.4 is 10.5 Å². The summed E-state index contributed by atoms with van der Waals surface area (Å²) in [6, 6.07) is 3.62. The van der Waals surface area contributed by atoms with Crippen LogP contribution in [0.15, 0.2) is 29.5 Å². The van der Waals surface area contributed by atoms with Gasteiger partial charge in [-0.15, -0.1) is 0 Å². The molecule has 0 unspecified atom stereocenters. The molecule has 0 amide bonds. The third kappa shape index (κ3) is 3.32. The summed E-state index contributed by atoms with van der Waals surface area (Å²) in [4.78, 5) is 27.6. The molecule has 6 nitrogen and oxygen atoms in total. The average Bonchev–Trinajstić information content (AvgIpc) is 3.42. The lowest BCUT2D eigenvalue weighted by Gasteiger charge is -2.33. The Kier molecular flexibility index (Phi) is 4.04. The summed E-state index contributed by atoms with van der Waals surface area (Å²) in [7, 11) is 0. The Morgan fingerprint density at radius 3 is 2.67 bits per heavy atom. The minimum Gasteiger partial charge on any atom is -0.356 e. The predicted molar refractivity (Wildman–Crippen MR) is 92.2 cm³/mol. The summed E-state index contributed by atoms with van der Waals surface area (Å²) in [6.45, 7) is 4.79. The van der Waals surface area contributed by atoms with E-state index in [4.69, 9.17) is 4.98 Å². The molecule has 126 valence electrons. The van der Waals surface area contributed by atoms with Crippen molar-refractivity contribution in [1.82, 2.24) is 19.5 Å². The van der Waals surface area contributed by atoms with Crippen molar-refractivity contribution in [2.75, 3.05) is 18.0 Å². The fraction of sp³-hybridized carbons (Fsp3) is 0.556. The van der Waals surface area contributed by atoms with Crippen LogP contribution in [0.1, 0.15) is 43.1 Å². The van der Waals surface area contributed by atoms with Gasteiger partial charge in [0.05, 0.1) is 6.33 Å². The standard InChI is InChI=1S/C18H23N5O/c1-13-10-16(21-18(20-13)15-2-3-15)22-8-5-14(6-9-22)11-23-12-19-7-4-17(23)24/h4,7,10,12,14-15H,2-3,5-6,8-9,11H2,1H3. The topological polar surface area (TPSA) is 63.9 Å². The molecule has 1 aliphatic carbocycles. The van der Waals surface area contributed by atoms with E-state index in [-0.39, 0.29) is 5.56 Å². The smallest absolute Gasteiger partial charge is 0.253 e. The van der Waals surface area contributed by atoms with E-state index in [2.05, 4.69) is 27.9 Å². The lowest BCUT2D eigenvalue weighted by atomic mass is 9.96. The van der Waals surface area contributed by atoms with Crippen LogP contribution in [0.4, 0.5) is 5.82 Å². The Bertz CT molecular complexity index is 775. The number of aryl methyl sites for hydroxylation is 1. The van der Waals surface area contributed by atoms with Gasteiger partial charge in [0, 0.05) is 49.6 Å². The van der Waals surface area contributed by atoms with Gasteiger partial charge in [0.2, 0.25) is 0 Å². The maximum Gasteiger partial charge on any atom is 0.253 e. The first-order valence-corrected chi connectivity index (χ1v) is 8.80. The van der Waals surface area contributed by atoms with Crippen molar-refractivity contribution in [2.24, 2.45) is 5.92 Å². The van der Waals surface area contributed by atoms with Gasteiger partial charge in [0.25, 0.3) is 5.56 Å². The summed E-state index contributed by atoms with van der Waals surface area (Å²) < 4.78 is 1.72. The van der Waals surface area contributed by atoms with E-state index in [1.165, 1.54) is 18.9 Å². The van der Waals surface area contributed by atoms with Crippen LogP contribution in [0.25, 0.3) is 0 Å². The first-order chi connectivity index (χ1) is 11.7. The molecule has 3 heterocycles. The van der Waals surface area contributed by atoms with Crippen LogP contribution >= 0.6 is 0 Å². The van der Waals surface area contributed by atoms with Crippen molar-refractivity contribution in [1.29, 1.82) is 0 Å². The highest BCUT2D eigenvalue weighted by Gasteiger charge is 2.28. The second-order valence-electron chi connectivity index (χ2n) is 7.00. The average molecular weight is 325 g/mol. The SMILES string of the molecule is Cc1cc(N2CCC(Cn3cnccc3=O)CC2)nc(C2CC2)n1. The van der Waals surface area contributed by atoms with E-state index in [0.29, 0.717) is 11.8 Å². The molecule has 4 rings (SSSR count). The lowest BCUT2D eigenvalue weighted by molar-refractivity contribution is 0.350. The van der Waals surface area contributed by atoms with Crippen LogP contribution in [0.3, 0.4) is 0 Å². The summed E-state index contributed by atoms with van der Waals surface area (Å²) in [5.41, 5.74) is 1.10. The van der Waals surface area contributed by atoms with Crippen LogP contribution in [-0.2, 0) is 6.54 Å². The van der Waals surface area contributed by atoms with Crippen LogP contribution in [0, 0.1) is 12.8 Å². The van der Waals surface area contributed by atoms with E-state index in [1.807, 2.05) is 0 Å². The maximum atomic E-state index is 11.8. The third-order valence-corrected chi connectivity index (χ3v) is 4.99. The number of piperidine rings is 1. The molecule has 0 radical (unpaired) electrons. The number of aromatic nitrogens is 4. The minimum atomic E-state index is 0.0351. The van der Waals surface area contributed by atoms with Crippen molar-refractivity contribution in [2.45, 2.75) is 45.1 Å². The van der Waals surface area contributed by atoms with E-state index in [9.17, 15) is 4.79 Å². The van der Waals surface area contributed by atoms with Gasteiger partial charge in [-0.2, -0.15) is 0 Å². The zero-order valence-electron chi connectivity index (χ0n) is 14.1. The van der Waals surface area contributed by atoms with Gasteiger partial charge in [-0.05, 0) is 38.5 Å². The Hall–Kier alpha value is -2.24. The predicted octanol–water partition coefficient (Wildman–Crippen LogP) is 2.14. The molecule has 24 heavy (non-hydrogen) atoms. The quantitative estimate of drug-likeness (QED) is 0.862. The van der Waals surface area contributed by atoms with Gasteiger partial charge < -0.3 is 4.90 Å². The first-order valence-electron chi connectivity index (χ1n) is 8.80. The van der Waals surface area contributed by atoms with E-state index in [1.54, 1.807) is 17.1 Å². The van der Waals surface area contributed by atoms with Crippen molar-refractivity contribution in [3.8, 4) is 0 Å². The minimum absolute atomic E-state index is 0.0351. The summed E-state index contributed by atoms with van der Waals surface area (Å²) in [5.74, 6) is 3.20. The number of rotatable bonds is 4. The zero-order valence-corrected chi connectivity index (χ0v) is 14.1. The molecule has 0 N–H and O–H groups in total. The number of anilines is 1. The fourth-order valence-corrected chi connectivity index (χ4v) is 3.40. The second-order valence-corrected chi connectivity index (χ2v) is 7.00. The molecule has 2 aromatic heterocycles. The molecular weight excluding hydrogens is 302 g/mol. The third-order valence-electron chi connectivity index (χ3n) is 4.99. The zero-order chi connectivity index (χ0) is 16.5. The molecular formula is C18H23N5O. The Balaban J connectivity index is 1.41. The molecule has 1 saturated carbocycles. The highest BCUT2D eigenvalue weighted by molar-refractivity contribution is 5.40. The molecule has 6 heteroatoms. The second kappa shape index (κ2) is 6.34. The number of hydrogen-bond donors (Lipinski definition) is 0. The van der Waals surface area contributed by atoms with Gasteiger partial charge in [0.15, 0.2) is 0 Å². The van der Waals surface area contributed by atoms with E-state index < -0.39 is 0 Å². The normalized spacial score (nSPS) is 18.8. The molecule has 2 aromatic rings.